The second kappa shape index (κ2) is 8.51. The van der Waals surface area contributed by atoms with Crippen molar-refractivity contribution in [2.75, 3.05) is 12.8 Å². The van der Waals surface area contributed by atoms with Crippen LogP contribution in [0.1, 0.15) is 18.1 Å². The summed E-state index contributed by atoms with van der Waals surface area (Å²) in [4.78, 5) is 15.3. The fraction of sp³-hybridized carbons (Fsp3) is 0.316. The molecule has 0 N–H and O–H groups in total. The molecule has 1 aromatic carbocycles. The third kappa shape index (κ3) is 4.34. The van der Waals surface area contributed by atoms with E-state index in [1.807, 2.05) is 24.6 Å². The Balaban J connectivity index is 1.61. The number of carbonyl (C=O) groups excluding carboxylic acids is 1. The second-order valence-electron chi connectivity index (χ2n) is 6.05. The van der Waals surface area contributed by atoms with Crippen LogP contribution in [0.5, 0.6) is 0 Å². The van der Waals surface area contributed by atoms with Crippen LogP contribution < -0.4 is 0 Å². The molecule has 136 valence electrons. The molecule has 0 bridgehead atoms. The molecule has 0 spiro atoms. The minimum Gasteiger partial charge on any atom is -0.341 e. The lowest BCUT2D eigenvalue weighted by atomic mass is 10.1. The number of nitrogens with zero attached hydrogens (tertiary/aromatic N) is 4. The Hall–Kier alpha value is -2.12. The van der Waals surface area contributed by atoms with Gasteiger partial charge >= 0.3 is 0 Å². The zero-order valence-corrected chi connectivity index (χ0v) is 16.8. The maximum Gasteiger partial charge on any atom is 0.233 e. The molecule has 0 fully saturated rings. The van der Waals surface area contributed by atoms with E-state index in [1.165, 1.54) is 17.3 Å². The van der Waals surface area contributed by atoms with Gasteiger partial charge in [-0.1, -0.05) is 47.7 Å². The highest BCUT2D eigenvalue weighted by Crippen LogP contribution is 2.27. The Bertz CT molecular complexity index is 856. The summed E-state index contributed by atoms with van der Waals surface area (Å²) in [7, 11) is 1.84. The highest BCUT2D eigenvalue weighted by molar-refractivity contribution is 7.99. The summed E-state index contributed by atoms with van der Waals surface area (Å²) in [6, 6.07) is 12.3. The van der Waals surface area contributed by atoms with Crippen molar-refractivity contribution in [3.8, 4) is 10.7 Å². The van der Waals surface area contributed by atoms with Crippen LogP contribution >= 0.6 is 23.1 Å². The normalized spacial score (nSPS) is 10.9. The van der Waals surface area contributed by atoms with Crippen LogP contribution in [0.3, 0.4) is 0 Å². The van der Waals surface area contributed by atoms with E-state index in [-0.39, 0.29) is 5.91 Å². The molecule has 0 saturated carbocycles. The molecule has 2 aromatic heterocycles. The monoisotopic (exact) mass is 386 g/mol. The van der Waals surface area contributed by atoms with E-state index in [9.17, 15) is 4.79 Å². The summed E-state index contributed by atoms with van der Waals surface area (Å²) in [6.07, 6.45) is 0. The van der Waals surface area contributed by atoms with E-state index in [1.54, 1.807) is 16.2 Å². The SMILES string of the molecule is CCn1c(SCC(=O)N(C)Cc2ccc(C)cc2)nnc1-c1cccs1. The maximum absolute atomic E-state index is 12.5. The Kier molecular flexibility index (Phi) is 6.11. The topological polar surface area (TPSA) is 51.0 Å². The number of thioether (sulfide) groups is 1. The van der Waals surface area contributed by atoms with Crippen molar-refractivity contribution in [1.82, 2.24) is 19.7 Å². The van der Waals surface area contributed by atoms with Crippen molar-refractivity contribution in [3.63, 3.8) is 0 Å². The Labute approximate surface area is 162 Å². The van der Waals surface area contributed by atoms with Crippen LogP contribution in [-0.4, -0.2) is 38.4 Å². The number of hydrogen-bond donors (Lipinski definition) is 0. The number of aryl methyl sites for hydroxylation is 1. The average molecular weight is 387 g/mol. The highest BCUT2D eigenvalue weighted by atomic mass is 32.2. The van der Waals surface area contributed by atoms with Crippen LogP contribution in [0.15, 0.2) is 46.9 Å². The largest absolute Gasteiger partial charge is 0.341 e. The Morgan fingerprint density at radius 2 is 2.00 bits per heavy atom. The lowest BCUT2D eigenvalue weighted by molar-refractivity contribution is -0.127. The molecule has 26 heavy (non-hydrogen) atoms. The third-order valence-electron chi connectivity index (χ3n) is 4.07. The molecule has 5 nitrogen and oxygen atoms in total. The number of carbonyl (C=O) groups is 1. The van der Waals surface area contributed by atoms with Gasteiger partial charge in [-0.2, -0.15) is 0 Å². The summed E-state index contributed by atoms with van der Waals surface area (Å²) >= 11 is 3.08. The summed E-state index contributed by atoms with van der Waals surface area (Å²) < 4.78 is 2.06. The van der Waals surface area contributed by atoms with Crippen molar-refractivity contribution in [3.05, 3.63) is 52.9 Å². The van der Waals surface area contributed by atoms with E-state index < -0.39 is 0 Å². The first kappa shape index (κ1) is 18.7. The number of rotatable bonds is 7. The first-order chi connectivity index (χ1) is 12.6. The minimum atomic E-state index is 0.0823. The number of thiophene rings is 1. The highest BCUT2D eigenvalue weighted by Gasteiger charge is 2.16. The van der Waals surface area contributed by atoms with Crippen molar-refractivity contribution >= 4 is 29.0 Å². The van der Waals surface area contributed by atoms with Crippen LogP contribution in [0, 0.1) is 6.92 Å². The summed E-state index contributed by atoms with van der Waals surface area (Å²) in [5, 5.41) is 11.4. The molecule has 0 unspecified atom stereocenters. The molecular formula is C19H22N4OS2. The molecule has 1 amide bonds. The molecule has 3 aromatic rings. The van der Waals surface area contributed by atoms with Crippen molar-refractivity contribution < 1.29 is 4.79 Å². The molecule has 0 aliphatic rings. The van der Waals surface area contributed by atoms with Crippen LogP contribution in [0.25, 0.3) is 10.7 Å². The molecule has 0 radical (unpaired) electrons. The van der Waals surface area contributed by atoms with Gasteiger partial charge in [-0.05, 0) is 30.9 Å². The molecule has 2 heterocycles. The van der Waals surface area contributed by atoms with Gasteiger partial charge in [0.2, 0.25) is 5.91 Å². The van der Waals surface area contributed by atoms with Gasteiger partial charge in [-0.15, -0.1) is 21.5 Å². The first-order valence-electron chi connectivity index (χ1n) is 8.48. The van der Waals surface area contributed by atoms with E-state index in [0.717, 1.165) is 28.0 Å². The zero-order valence-electron chi connectivity index (χ0n) is 15.2. The van der Waals surface area contributed by atoms with Crippen molar-refractivity contribution in [2.24, 2.45) is 0 Å². The quantitative estimate of drug-likeness (QED) is 0.574. The fourth-order valence-corrected chi connectivity index (χ4v) is 4.22. The molecule has 0 saturated heterocycles. The van der Waals surface area contributed by atoms with Gasteiger partial charge in [-0.3, -0.25) is 4.79 Å². The van der Waals surface area contributed by atoms with Crippen LogP contribution in [0.4, 0.5) is 0 Å². The van der Waals surface area contributed by atoms with Crippen LogP contribution in [0.2, 0.25) is 0 Å². The van der Waals surface area contributed by atoms with E-state index in [2.05, 4.69) is 52.9 Å². The predicted octanol–water partition coefficient (Wildman–Crippen LogP) is 4.09. The maximum atomic E-state index is 12.5. The summed E-state index contributed by atoms with van der Waals surface area (Å²) in [6.45, 7) is 5.51. The van der Waals surface area contributed by atoms with Gasteiger partial charge in [0.15, 0.2) is 11.0 Å². The van der Waals surface area contributed by atoms with Gasteiger partial charge in [0.25, 0.3) is 0 Å². The minimum absolute atomic E-state index is 0.0823. The summed E-state index contributed by atoms with van der Waals surface area (Å²) in [5.74, 6) is 1.30. The van der Waals surface area contributed by atoms with Crippen LogP contribution in [-0.2, 0) is 17.9 Å². The van der Waals surface area contributed by atoms with Gasteiger partial charge in [0.1, 0.15) is 0 Å². The third-order valence-corrected chi connectivity index (χ3v) is 5.88. The van der Waals surface area contributed by atoms with E-state index in [4.69, 9.17) is 0 Å². The zero-order chi connectivity index (χ0) is 18.5. The first-order valence-corrected chi connectivity index (χ1v) is 10.3. The molecular weight excluding hydrogens is 364 g/mol. The second-order valence-corrected chi connectivity index (χ2v) is 7.94. The van der Waals surface area contributed by atoms with Crippen molar-refractivity contribution in [2.45, 2.75) is 32.1 Å². The number of amides is 1. The lowest BCUT2D eigenvalue weighted by Gasteiger charge is -2.17. The Morgan fingerprint density at radius 1 is 1.23 bits per heavy atom. The van der Waals surface area contributed by atoms with Gasteiger partial charge in [0, 0.05) is 20.1 Å². The standard InChI is InChI=1S/C19H22N4OS2/c1-4-23-18(16-6-5-11-25-16)20-21-19(23)26-13-17(24)22(3)12-15-9-7-14(2)8-10-15/h5-11H,4,12-13H2,1-3H3. The Morgan fingerprint density at radius 3 is 2.65 bits per heavy atom. The lowest BCUT2D eigenvalue weighted by Crippen LogP contribution is -2.27. The van der Waals surface area contributed by atoms with Gasteiger partial charge < -0.3 is 9.47 Å². The summed E-state index contributed by atoms with van der Waals surface area (Å²) in [5.41, 5.74) is 2.35. The molecule has 0 atom stereocenters. The van der Waals surface area contributed by atoms with Gasteiger partial charge in [0.05, 0.1) is 10.6 Å². The fourth-order valence-electron chi connectivity index (χ4n) is 2.56. The van der Waals surface area contributed by atoms with Crippen molar-refractivity contribution in [1.29, 1.82) is 0 Å². The van der Waals surface area contributed by atoms with E-state index >= 15 is 0 Å². The molecule has 3 rings (SSSR count). The number of hydrogen-bond acceptors (Lipinski definition) is 5. The molecule has 7 heteroatoms. The number of aromatic nitrogens is 3. The number of benzene rings is 1. The average Bonchev–Trinajstić information content (AvgIpc) is 3.30. The predicted molar refractivity (Wildman–Crippen MR) is 107 cm³/mol. The smallest absolute Gasteiger partial charge is 0.233 e. The molecule has 0 aliphatic heterocycles. The van der Waals surface area contributed by atoms with E-state index in [0.29, 0.717) is 12.3 Å². The van der Waals surface area contributed by atoms with Gasteiger partial charge in [-0.25, -0.2) is 0 Å². The molecule has 0 aliphatic carbocycles.